The lowest BCUT2D eigenvalue weighted by Gasteiger charge is -2.12. The molecule has 0 aliphatic carbocycles. The summed E-state index contributed by atoms with van der Waals surface area (Å²) in [5.74, 6) is 1.69. The fraction of sp³-hybridized carbons (Fsp3) is 0. The van der Waals surface area contributed by atoms with E-state index in [1.807, 2.05) is 48.5 Å². The summed E-state index contributed by atoms with van der Waals surface area (Å²) >= 11 is 0. The van der Waals surface area contributed by atoms with Gasteiger partial charge in [0, 0.05) is 55.3 Å². The van der Waals surface area contributed by atoms with Gasteiger partial charge in [0.25, 0.3) is 0 Å². The van der Waals surface area contributed by atoms with E-state index in [0.717, 1.165) is 71.6 Å². The average Bonchev–Trinajstić information content (AvgIpc) is 3.85. The van der Waals surface area contributed by atoms with E-state index < -0.39 is 0 Å². The minimum Gasteiger partial charge on any atom is -0.454 e. The zero-order valence-electron chi connectivity index (χ0n) is 27.1. The van der Waals surface area contributed by atoms with Crippen LogP contribution in [0.5, 0.6) is 0 Å². The number of hydrogen-bond donors (Lipinski definition) is 0. The Kier molecular flexibility index (Phi) is 5.83. The van der Waals surface area contributed by atoms with Crippen molar-refractivity contribution in [3.8, 4) is 34.4 Å². The number of furan rings is 1. The van der Waals surface area contributed by atoms with Crippen molar-refractivity contribution in [1.82, 2.24) is 29.1 Å². The second kappa shape index (κ2) is 10.7. The van der Waals surface area contributed by atoms with Gasteiger partial charge in [-0.05, 0) is 42.5 Å². The van der Waals surface area contributed by atoms with Crippen molar-refractivity contribution < 1.29 is 4.42 Å². The van der Waals surface area contributed by atoms with Crippen LogP contribution in [0, 0.1) is 0 Å². The van der Waals surface area contributed by atoms with Gasteiger partial charge in [-0.15, -0.1) is 0 Å². The maximum absolute atomic E-state index is 6.22. The van der Waals surface area contributed by atoms with Crippen LogP contribution in [0.3, 0.4) is 0 Å². The molecule has 5 aromatic heterocycles. The molecule has 0 N–H and O–H groups in total. The van der Waals surface area contributed by atoms with E-state index in [9.17, 15) is 0 Å². The number of fused-ring (bicyclic) bond motifs is 9. The van der Waals surface area contributed by atoms with Gasteiger partial charge in [0.2, 0.25) is 5.95 Å². The van der Waals surface area contributed by atoms with Gasteiger partial charge in [0.05, 0.1) is 28.3 Å². The first-order valence-corrected chi connectivity index (χ1v) is 16.9. The van der Waals surface area contributed by atoms with Crippen LogP contribution in [0.1, 0.15) is 0 Å². The third-order valence-electron chi connectivity index (χ3n) is 9.89. The molecule has 11 rings (SSSR count). The highest BCUT2D eigenvalue weighted by Gasteiger charge is 2.21. The Hall–Kier alpha value is -7.12. The lowest BCUT2D eigenvalue weighted by molar-refractivity contribution is 0.667. The van der Waals surface area contributed by atoms with Crippen LogP contribution in [0.25, 0.3) is 100.0 Å². The maximum atomic E-state index is 6.22. The summed E-state index contributed by atoms with van der Waals surface area (Å²) in [4.78, 5) is 19.9. The van der Waals surface area contributed by atoms with Gasteiger partial charge in [-0.25, -0.2) is 4.98 Å². The lowest BCUT2D eigenvalue weighted by Crippen LogP contribution is -2.06. The summed E-state index contributed by atoms with van der Waals surface area (Å²) in [6, 6.07) is 50.4. The van der Waals surface area contributed by atoms with Crippen molar-refractivity contribution in [3.05, 3.63) is 158 Å². The van der Waals surface area contributed by atoms with Crippen LogP contribution < -0.4 is 0 Å². The number of benzene rings is 6. The predicted molar refractivity (Wildman–Crippen MR) is 204 cm³/mol. The molecule has 0 aliphatic heterocycles. The van der Waals surface area contributed by atoms with Gasteiger partial charge in [-0.3, -0.25) is 9.55 Å². The van der Waals surface area contributed by atoms with Crippen LogP contribution in [0.2, 0.25) is 0 Å². The largest absolute Gasteiger partial charge is 0.454 e. The van der Waals surface area contributed by atoms with E-state index in [0.29, 0.717) is 17.6 Å². The lowest BCUT2D eigenvalue weighted by atomic mass is 10.1. The Labute approximate surface area is 290 Å². The van der Waals surface area contributed by atoms with Gasteiger partial charge in [0.1, 0.15) is 5.58 Å². The van der Waals surface area contributed by atoms with Crippen molar-refractivity contribution in [2.24, 2.45) is 0 Å². The molecular weight excluding hydrogens is 629 g/mol. The molecule has 7 heteroatoms. The summed E-state index contributed by atoms with van der Waals surface area (Å²) in [6.45, 7) is 0. The molecule has 0 radical (unpaired) electrons. The van der Waals surface area contributed by atoms with E-state index >= 15 is 0 Å². The first kappa shape index (κ1) is 27.8. The van der Waals surface area contributed by atoms with E-state index in [2.05, 4.69) is 111 Å². The van der Waals surface area contributed by atoms with Crippen molar-refractivity contribution in [2.45, 2.75) is 0 Å². The fourth-order valence-electron chi connectivity index (χ4n) is 7.68. The molecule has 0 bridgehead atoms. The quantitative estimate of drug-likeness (QED) is 0.189. The van der Waals surface area contributed by atoms with Crippen molar-refractivity contribution in [3.63, 3.8) is 0 Å². The van der Waals surface area contributed by atoms with Crippen LogP contribution in [0.15, 0.2) is 162 Å². The van der Waals surface area contributed by atoms with Crippen LogP contribution >= 0.6 is 0 Å². The standard InChI is InChI=1S/C44H26N6O/c1-2-11-27(12-3-1)42-46-43(34-16-10-20-39-41(34)33-23-24-45-26-40(33)51-39)48-44(47-42)50-37-19-9-6-15-31(37)32-22-21-28(25-38(32)50)49-35-17-7-4-13-29(35)30-14-5-8-18-36(30)49/h1-26H. The van der Waals surface area contributed by atoms with Crippen LogP contribution in [-0.4, -0.2) is 29.1 Å². The van der Waals surface area contributed by atoms with Gasteiger partial charge >= 0.3 is 0 Å². The monoisotopic (exact) mass is 654 g/mol. The van der Waals surface area contributed by atoms with Crippen molar-refractivity contribution in [2.75, 3.05) is 0 Å². The third-order valence-corrected chi connectivity index (χ3v) is 9.89. The van der Waals surface area contributed by atoms with Crippen LogP contribution in [0.4, 0.5) is 0 Å². The molecule has 0 atom stereocenters. The van der Waals surface area contributed by atoms with Gasteiger partial charge in [-0.2, -0.15) is 9.97 Å². The number of para-hydroxylation sites is 3. The SMILES string of the molecule is c1ccc(-c2nc(-c3cccc4oc5cnccc5c34)nc(-n3c4ccccc4c4ccc(-n5c6ccccc6c6ccccc65)cc43)n2)cc1. The molecule has 0 fully saturated rings. The molecule has 0 amide bonds. The maximum Gasteiger partial charge on any atom is 0.238 e. The van der Waals surface area contributed by atoms with Crippen molar-refractivity contribution >= 4 is 65.6 Å². The average molecular weight is 655 g/mol. The Morgan fingerprint density at radius 3 is 1.84 bits per heavy atom. The summed E-state index contributed by atoms with van der Waals surface area (Å²) in [6.07, 6.45) is 3.54. The first-order chi connectivity index (χ1) is 25.3. The Balaban J connectivity index is 1.23. The molecule has 238 valence electrons. The van der Waals surface area contributed by atoms with E-state index in [1.54, 1.807) is 12.4 Å². The first-order valence-electron chi connectivity index (χ1n) is 16.9. The molecule has 11 aromatic rings. The summed E-state index contributed by atoms with van der Waals surface area (Å²) in [5.41, 5.74) is 8.64. The van der Waals surface area contributed by atoms with Crippen LogP contribution in [-0.2, 0) is 0 Å². The highest BCUT2D eigenvalue weighted by Crippen LogP contribution is 2.39. The number of pyridine rings is 1. The zero-order chi connectivity index (χ0) is 33.5. The highest BCUT2D eigenvalue weighted by molar-refractivity contribution is 6.13. The van der Waals surface area contributed by atoms with E-state index in [-0.39, 0.29) is 0 Å². The highest BCUT2D eigenvalue weighted by atomic mass is 16.3. The second-order valence-corrected chi connectivity index (χ2v) is 12.7. The Bertz CT molecular complexity index is 3100. The van der Waals surface area contributed by atoms with E-state index in [4.69, 9.17) is 19.4 Å². The number of rotatable bonds is 4. The zero-order valence-corrected chi connectivity index (χ0v) is 27.1. The van der Waals surface area contributed by atoms with Gasteiger partial charge in [-0.1, -0.05) is 103 Å². The fourth-order valence-corrected chi connectivity index (χ4v) is 7.68. The molecule has 0 saturated heterocycles. The molecule has 0 spiro atoms. The molecule has 0 unspecified atom stereocenters. The second-order valence-electron chi connectivity index (χ2n) is 12.7. The predicted octanol–water partition coefficient (Wildman–Crippen LogP) is 10.7. The molecule has 51 heavy (non-hydrogen) atoms. The third kappa shape index (κ3) is 4.12. The van der Waals surface area contributed by atoms with E-state index in [1.165, 1.54) is 10.8 Å². The van der Waals surface area contributed by atoms with Gasteiger partial charge < -0.3 is 8.98 Å². The minimum absolute atomic E-state index is 0.538. The number of hydrogen-bond acceptors (Lipinski definition) is 5. The Morgan fingerprint density at radius 1 is 0.451 bits per heavy atom. The normalized spacial score (nSPS) is 11.9. The molecule has 6 aromatic carbocycles. The summed E-state index contributed by atoms with van der Waals surface area (Å²) in [7, 11) is 0. The molecular formula is C44H26N6O. The molecule has 5 heterocycles. The molecule has 7 nitrogen and oxygen atoms in total. The molecule has 0 aliphatic rings. The Morgan fingerprint density at radius 2 is 1.10 bits per heavy atom. The van der Waals surface area contributed by atoms with Gasteiger partial charge in [0.15, 0.2) is 17.2 Å². The summed E-state index contributed by atoms with van der Waals surface area (Å²) in [5, 5.41) is 6.60. The number of nitrogens with zero attached hydrogens (tertiary/aromatic N) is 6. The van der Waals surface area contributed by atoms with Crippen molar-refractivity contribution in [1.29, 1.82) is 0 Å². The minimum atomic E-state index is 0.538. The smallest absolute Gasteiger partial charge is 0.238 e. The topological polar surface area (TPSA) is 74.6 Å². The molecule has 0 saturated carbocycles. The number of aromatic nitrogens is 6. The summed E-state index contributed by atoms with van der Waals surface area (Å²) < 4.78 is 10.7.